The van der Waals surface area contributed by atoms with Gasteiger partial charge in [-0.15, -0.1) is 0 Å². The van der Waals surface area contributed by atoms with Gasteiger partial charge in [-0.2, -0.15) is 11.8 Å². The number of nitrogens with zero attached hydrogens (tertiary/aromatic N) is 1. The second-order valence-corrected chi connectivity index (χ2v) is 5.95. The standard InChI is InChI=1S/C17H17NO3S/c1-12-15(18-17(21-12)16-3-2-8-20-16)11-22-10-14-6-4-13(9-19)5-7-14/h2-8,19H,9-11H2,1H3. The maximum Gasteiger partial charge on any atom is 0.263 e. The minimum Gasteiger partial charge on any atom is -0.459 e. The second-order valence-electron chi connectivity index (χ2n) is 4.97. The predicted octanol–water partition coefficient (Wildman–Crippen LogP) is 4.17. The lowest BCUT2D eigenvalue weighted by Crippen LogP contribution is -1.88. The number of hydrogen-bond donors (Lipinski definition) is 1. The summed E-state index contributed by atoms with van der Waals surface area (Å²) in [5, 5.41) is 9.03. The van der Waals surface area contributed by atoms with Crippen LogP contribution >= 0.6 is 11.8 Å². The fraction of sp³-hybridized carbons (Fsp3) is 0.235. The molecule has 0 amide bonds. The van der Waals surface area contributed by atoms with E-state index in [1.54, 1.807) is 18.0 Å². The Kier molecular flexibility index (Phi) is 4.65. The molecule has 0 aliphatic rings. The third kappa shape index (κ3) is 3.43. The number of oxazole rings is 1. The summed E-state index contributed by atoms with van der Waals surface area (Å²) in [6.45, 7) is 2.01. The zero-order valence-corrected chi connectivity index (χ0v) is 13.1. The van der Waals surface area contributed by atoms with Crippen molar-refractivity contribution < 1.29 is 13.9 Å². The fourth-order valence-corrected chi connectivity index (χ4v) is 3.07. The summed E-state index contributed by atoms with van der Waals surface area (Å²) < 4.78 is 10.9. The lowest BCUT2D eigenvalue weighted by atomic mass is 10.2. The molecular weight excluding hydrogens is 298 g/mol. The minimum absolute atomic E-state index is 0.0844. The molecular formula is C17H17NO3S. The van der Waals surface area contributed by atoms with E-state index in [0.717, 1.165) is 28.5 Å². The van der Waals surface area contributed by atoms with Gasteiger partial charge in [0.25, 0.3) is 5.89 Å². The highest BCUT2D eigenvalue weighted by Crippen LogP contribution is 2.25. The fourth-order valence-electron chi connectivity index (χ4n) is 2.07. The molecule has 2 heterocycles. The number of aryl methyl sites for hydroxylation is 1. The van der Waals surface area contributed by atoms with Gasteiger partial charge in [0.2, 0.25) is 0 Å². The number of aliphatic hydroxyl groups is 1. The Morgan fingerprint density at radius 2 is 1.86 bits per heavy atom. The van der Waals surface area contributed by atoms with Gasteiger partial charge in [-0.05, 0) is 30.2 Å². The Morgan fingerprint density at radius 1 is 1.09 bits per heavy atom. The number of thioether (sulfide) groups is 1. The summed E-state index contributed by atoms with van der Waals surface area (Å²) in [6.07, 6.45) is 1.61. The van der Waals surface area contributed by atoms with Gasteiger partial charge in [-0.1, -0.05) is 24.3 Å². The Balaban J connectivity index is 1.59. The molecule has 1 aromatic carbocycles. The molecule has 22 heavy (non-hydrogen) atoms. The van der Waals surface area contributed by atoms with Gasteiger partial charge in [0.15, 0.2) is 5.76 Å². The molecule has 0 atom stereocenters. The summed E-state index contributed by atoms with van der Waals surface area (Å²) in [4.78, 5) is 4.50. The molecule has 0 aliphatic carbocycles. The van der Waals surface area contributed by atoms with Crippen LogP contribution in [0.5, 0.6) is 0 Å². The molecule has 0 aliphatic heterocycles. The monoisotopic (exact) mass is 315 g/mol. The van der Waals surface area contributed by atoms with Crippen LogP contribution in [0.2, 0.25) is 0 Å². The van der Waals surface area contributed by atoms with Crippen LogP contribution in [-0.4, -0.2) is 10.1 Å². The molecule has 0 unspecified atom stereocenters. The first kappa shape index (κ1) is 14.9. The molecule has 0 bridgehead atoms. The van der Waals surface area contributed by atoms with Gasteiger partial charge in [-0.3, -0.25) is 0 Å². The molecule has 0 saturated carbocycles. The zero-order valence-electron chi connectivity index (χ0n) is 12.3. The van der Waals surface area contributed by atoms with Gasteiger partial charge in [0.1, 0.15) is 5.76 Å². The minimum atomic E-state index is 0.0844. The van der Waals surface area contributed by atoms with Crippen molar-refractivity contribution in [3.63, 3.8) is 0 Å². The van der Waals surface area contributed by atoms with Gasteiger partial charge in [-0.25, -0.2) is 4.98 Å². The van der Waals surface area contributed by atoms with Crippen LogP contribution in [0.15, 0.2) is 51.5 Å². The average Bonchev–Trinajstić information content (AvgIpc) is 3.18. The van der Waals surface area contributed by atoms with Crippen molar-refractivity contribution in [1.29, 1.82) is 0 Å². The Bertz CT molecular complexity index is 717. The molecule has 3 aromatic rings. The summed E-state index contributed by atoms with van der Waals surface area (Å²) in [6, 6.07) is 11.6. The van der Waals surface area contributed by atoms with Crippen molar-refractivity contribution in [2.75, 3.05) is 0 Å². The molecule has 114 valence electrons. The normalized spacial score (nSPS) is 11.0. The lowest BCUT2D eigenvalue weighted by molar-refractivity contribution is 0.282. The van der Waals surface area contributed by atoms with Crippen LogP contribution < -0.4 is 0 Å². The first-order valence-electron chi connectivity index (χ1n) is 7.03. The smallest absolute Gasteiger partial charge is 0.263 e. The molecule has 4 nitrogen and oxygen atoms in total. The van der Waals surface area contributed by atoms with Crippen LogP contribution in [0.1, 0.15) is 22.6 Å². The van der Waals surface area contributed by atoms with Crippen LogP contribution in [0.25, 0.3) is 11.7 Å². The predicted molar refractivity (Wildman–Crippen MR) is 86.3 cm³/mol. The van der Waals surface area contributed by atoms with E-state index in [4.69, 9.17) is 13.9 Å². The van der Waals surface area contributed by atoms with Gasteiger partial charge in [0.05, 0.1) is 18.6 Å². The molecule has 0 fully saturated rings. The Hall–Kier alpha value is -1.98. The number of hydrogen-bond acceptors (Lipinski definition) is 5. The van der Waals surface area contributed by atoms with Gasteiger partial charge >= 0.3 is 0 Å². The number of furan rings is 1. The van der Waals surface area contributed by atoms with E-state index in [1.807, 2.05) is 43.3 Å². The number of benzene rings is 1. The van der Waals surface area contributed by atoms with E-state index in [1.165, 1.54) is 5.56 Å². The maximum absolute atomic E-state index is 9.03. The SMILES string of the molecule is Cc1oc(-c2ccco2)nc1CSCc1ccc(CO)cc1. The highest BCUT2D eigenvalue weighted by molar-refractivity contribution is 7.97. The third-order valence-corrected chi connectivity index (χ3v) is 4.35. The van der Waals surface area contributed by atoms with Crippen LogP contribution in [0, 0.1) is 6.92 Å². The number of aromatic nitrogens is 1. The van der Waals surface area contributed by atoms with E-state index in [2.05, 4.69) is 4.98 Å². The van der Waals surface area contributed by atoms with Crippen molar-refractivity contribution in [2.45, 2.75) is 25.0 Å². The van der Waals surface area contributed by atoms with Crippen molar-refractivity contribution in [1.82, 2.24) is 4.98 Å². The van der Waals surface area contributed by atoms with Crippen LogP contribution in [0.4, 0.5) is 0 Å². The Labute approximate surface area is 133 Å². The molecule has 0 spiro atoms. The number of aliphatic hydroxyl groups excluding tert-OH is 1. The van der Waals surface area contributed by atoms with E-state index in [0.29, 0.717) is 11.7 Å². The summed E-state index contributed by atoms with van der Waals surface area (Å²) in [5.74, 6) is 3.70. The first-order valence-corrected chi connectivity index (χ1v) is 8.18. The zero-order chi connectivity index (χ0) is 15.4. The van der Waals surface area contributed by atoms with E-state index in [-0.39, 0.29) is 6.61 Å². The van der Waals surface area contributed by atoms with Crippen molar-refractivity contribution >= 4 is 11.8 Å². The van der Waals surface area contributed by atoms with E-state index < -0.39 is 0 Å². The molecule has 3 rings (SSSR count). The quantitative estimate of drug-likeness (QED) is 0.740. The summed E-state index contributed by atoms with van der Waals surface area (Å²) in [5.41, 5.74) is 3.11. The molecule has 0 radical (unpaired) electrons. The highest BCUT2D eigenvalue weighted by atomic mass is 32.2. The number of rotatable bonds is 6. The third-order valence-electron chi connectivity index (χ3n) is 3.34. The molecule has 0 saturated heterocycles. The van der Waals surface area contributed by atoms with Crippen LogP contribution in [-0.2, 0) is 18.1 Å². The first-order chi connectivity index (χ1) is 10.8. The van der Waals surface area contributed by atoms with E-state index >= 15 is 0 Å². The summed E-state index contributed by atoms with van der Waals surface area (Å²) >= 11 is 1.78. The highest BCUT2D eigenvalue weighted by Gasteiger charge is 2.13. The van der Waals surface area contributed by atoms with Crippen molar-refractivity contribution in [3.8, 4) is 11.7 Å². The van der Waals surface area contributed by atoms with Crippen molar-refractivity contribution in [2.24, 2.45) is 0 Å². The summed E-state index contributed by atoms with van der Waals surface area (Å²) in [7, 11) is 0. The average molecular weight is 315 g/mol. The Morgan fingerprint density at radius 3 is 2.55 bits per heavy atom. The second kappa shape index (κ2) is 6.85. The van der Waals surface area contributed by atoms with E-state index in [9.17, 15) is 0 Å². The lowest BCUT2D eigenvalue weighted by Gasteiger charge is -2.02. The largest absolute Gasteiger partial charge is 0.459 e. The van der Waals surface area contributed by atoms with Gasteiger partial charge < -0.3 is 13.9 Å². The molecule has 2 aromatic heterocycles. The topological polar surface area (TPSA) is 59.4 Å². The van der Waals surface area contributed by atoms with Crippen LogP contribution in [0.3, 0.4) is 0 Å². The molecule has 1 N–H and O–H groups in total. The maximum atomic E-state index is 9.03. The van der Waals surface area contributed by atoms with Crippen molar-refractivity contribution in [3.05, 3.63) is 65.2 Å². The molecule has 5 heteroatoms. The van der Waals surface area contributed by atoms with Gasteiger partial charge in [0, 0.05) is 11.5 Å².